The number of rotatable bonds is 6. The number of carbonyl (C=O) groups is 1. The molecule has 0 spiro atoms. The van der Waals surface area contributed by atoms with Crippen molar-refractivity contribution in [2.45, 2.75) is 19.0 Å². The summed E-state index contributed by atoms with van der Waals surface area (Å²) in [5.74, 6) is 0.734. The van der Waals surface area contributed by atoms with Crippen LogP contribution in [0.5, 0.6) is 5.75 Å². The molecule has 7 heteroatoms. The number of benzene rings is 1. The summed E-state index contributed by atoms with van der Waals surface area (Å²) in [6, 6.07) is 9.29. The molecule has 1 aromatic heterocycles. The van der Waals surface area contributed by atoms with Gasteiger partial charge in [-0.15, -0.1) is 0 Å². The fourth-order valence-electron chi connectivity index (χ4n) is 1.82. The average molecular weight is 330 g/mol. The van der Waals surface area contributed by atoms with Crippen LogP contribution in [0.25, 0.3) is 0 Å². The molecule has 1 N–H and O–H groups in total. The van der Waals surface area contributed by atoms with Gasteiger partial charge in [0.25, 0.3) is 5.91 Å². The maximum atomic E-state index is 11.8. The van der Waals surface area contributed by atoms with E-state index in [9.17, 15) is 4.79 Å². The molecule has 23 heavy (non-hydrogen) atoms. The van der Waals surface area contributed by atoms with Gasteiger partial charge in [0, 0.05) is 11.4 Å². The van der Waals surface area contributed by atoms with Gasteiger partial charge in [-0.1, -0.05) is 23.9 Å². The first kappa shape index (κ1) is 17.0. The lowest BCUT2D eigenvalue weighted by atomic mass is 10.2. The van der Waals surface area contributed by atoms with Gasteiger partial charge in [0.2, 0.25) is 0 Å². The summed E-state index contributed by atoms with van der Waals surface area (Å²) >= 11 is 1.28. The van der Waals surface area contributed by atoms with Crippen molar-refractivity contribution in [3.63, 3.8) is 0 Å². The topological polar surface area (TPSA) is 76.5 Å². The van der Waals surface area contributed by atoms with E-state index in [1.807, 2.05) is 44.2 Å². The number of methoxy groups -OCH3 is 1. The second-order valence-electron chi connectivity index (χ2n) is 4.79. The number of hydrogen-bond acceptors (Lipinski definition) is 6. The van der Waals surface area contributed by atoms with Gasteiger partial charge in [-0.2, -0.15) is 5.10 Å². The van der Waals surface area contributed by atoms with E-state index in [0.717, 1.165) is 22.7 Å². The van der Waals surface area contributed by atoms with Crippen LogP contribution in [-0.2, 0) is 4.79 Å². The highest BCUT2D eigenvalue weighted by Crippen LogP contribution is 2.13. The minimum atomic E-state index is -0.211. The third-order valence-electron chi connectivity index (χ3n) is 2.79. The molecule has 0 aliphatic carbocycles. The summed E-state index contributed by atoms with van der Waals surface area (Å²) in [5.41, 5.74) is 5.10. The largest absolute Gasteiger partial charge is 0.497 e. The molecule has 1 heterocycles. The van der Waals surface area contributed by atoms with Gasteiger partial charge in [0.15, 0.2) is 5.16 Å². The number of hydrogen-bond donors (Lipinski definition) is 1. The number of hydrazone groups is 1. The molecule has 2 aromatic rings. The SMILES string of the molecule is COc1cccc(C=NNC(=O)CSc2nc(C)cc(C)n2)c1. The normalized spacial score (nSPS) is 10.7. The van der Waals surface area contributed by atoms with Gasteiger partial charge < -0.3 is 4.74 Å². The lowest BCUT2D eigenvalue weighted by molar-refractivity contribution is -0.118. The van der Waals surface area contributed by atoms with Crippen molar-refractivity contribution in [2.24, 2.45) is 5.10 Å². The first-order valence-electron chi connectivity index (χ1n) is 6.98. The number of nitrogens with one attached hydrogen (secondary N) is 1. The molecule has 0 unspecified atom stereocenters. The fraction of sp³-hybridized carbons (Fsp3) is 0.250. The summed E-state index contributed by atoms with van der Waals surface area (Å²) < 4.78 is 5.12. The van der Waals surface area contributed by atoms with Crippen molar-refractivity contribution in [2.75, 3.05) is 12.9 Å². The van der Waals surface area contributed by atoms with Crippen molar-refractivity contribution >= 4 is 23.9 Å². The molecule has 6 nitrogen and oxygen atoms in total. The summed E-state index contributed by atoms with van der Waals surface area (Å²) in [5, 5.41) is 4.52. The summed E-state index contributed by atoms with van der Waals surface area (Å²) in [7, 11) is 1.60. The van der Waals surface area contributed by atoms with Crippen molar-refractivity contribution in [3.8, 4) is 5.75 Å². The summed E-state index contributed by atoms with van der Waals surface area (Å²) in [6.45, 7) is 3.80. The molecule has 1 amide bonds. The third-order valence-corrected chi connectivity index (χ3v) is 3.64. The van der Waals surface area contributed by atoms with E-state index in [-0.39, 0.29) is 11.7 Å². The molecule has 0 atom stereocenters. The first-order valence-corrected chi connectivity index (χ1v) is 7.96. The molecule has 0 aliphatic rings. The second-order valence-corrected chi connectivity index (χ2v) is 5.73. The Labute approximate surface area is 139 Å². The number of ether oxygens (including phenoxy) is 1. The molecule has 1 aromatic carbocycles. The van der Waals surface area contributed by atoms with E-state index in [2.05, 4.69) is 20.5 Å². The highest BCUT2D eigenvalue weighted by molar-refractivity contribution is 7.99. The Morgan fingerprint density at radius 2 is 2.04 bits per heavy atom. The Hall–Kier alpha value is -2.41. The standard InChI is InChI=1S/C16H18N4O2S/c1-11-7-12(2)19-16(18-11)23-10-15(21)20-17-9-13-5-4-6-14(8-13)22-3/h4-9H,10H2,1-3H3,(H,20,21). The van der Waals surface area contributed by atoms with Gasteiger partial charge in [0.1, 0.15) is 5.75 Å². The van der Waals surface area contributed by atoms with Crippen molar-refractivity contribution in [1.29, 1.82) is 0 Å². The molecule has 0 aliphatic heterocycles. The number of carbonyl (C=O) groups excluding carboxylic acids is 1. The summed E-state index contributed by atoms with van der Waals surface area (Å²) in [6.07, 6.45) is 1.57. The van der Waals surface area contributed by atoms with Crippen LogP contribution in [0, 0.1) is 13.8 Å². The maximum Gasteiger partial charge on any atom is 0.250 e. The number of aryl methyl sites for hydroxylation is 2. The van der Waals surface area contributed by atoms with E-state index in [0.29, 0.717) is 5.16 Å². The molecule has 0 saturated heterocycles. The number of thioether (sulfide) groups is 1. The quantitative estimate of drug-likeness (QED) is 0.381. The molecule has 0 fully saturated rings. The number of nitrogens with zero attached hydrogens (tertiary/aromatic N) is 3. The van der Waals surface area contributed by atoms with Crippen LogP contribution in [0.2, 0.25) is 0 Å². The second kappa shape index (κ2) is 8.28. The molecule has 120 valence electrons. The van der Waals surface area contributed by atoms with Crippen LogP contribution in [0.1, 0.15) is 17.0 Å². The van der Waals surface area contributed by atoms with Crippen LogP contribution < -0.4 is 10.2 Å². The lowest BCUT2D eigenvalue weighted by Crippen LogP contribution is -2.19. The molecule has 0 bridgehead atoms. The van der Waals surface area contributed by atoms with Crippen LogP contribution in [-0.4, -0.2) is 35.0 Å². The van der Waals surface area contributed by atoms with Crippen LogP contribution in [0.4, 0.5) is 0 Å². The Balaban J connectivity index is 1.83. The van der Waals surface area contributed by atoms with Crippen molar-refractivity contribution in [3.05, 3.63) is 47.3 Å². The van der Waals surface area contributed by atoms with Gasteiger partial charge in [0.05, 0.1) is 19.1 Å². The number of aromatic nitrogens is 2. The predicted octanol–water partition coefficient (Wildman–Crippen LogP) is 2.34. The minimum absolute atomic E-state index is 0.207. The third kappa shape index (κ3) is 5.71. The zero-order chi connectivity index (χ0) is 16.7. The Morgan fingerprint density at radius 3 is 2.74 bits per heavy atom. The van der Waals surface area contributed by atoms with Crippen molar-refractivity contribution in [1.82, 2.24) is 15.4 Å². The number of amides is 1. The zero-order valence-electron chi connectivity index (χ0n) is 13.2. The Bertz CT molecular complexity index is 699. The smallest absolute Gasteiger partial charge is 0.250 e. The van der Waals surface area contributed by atoms with Crippen LogP contribution in [0.3, 0.4) is 0 Å². The zero-order valence-corrected chi connectivity index (χ0v) is 14.1. The van der Waals surface area contributed by atoms with Gasteiger partial charge in [-0.25, -0.2) is 15.4 Å². The molecule has 0 radical (unpaired) electrons. The van der Waals surface area contributed by atoms with Gasteiger partial charge in [-0.05, 0) is 37.6 Å². The molecule has 2 rings (SSSR count). The molecule has 0 saturated carbocycles. The highest BCUT2D eigenvalue weighted by Gasteiger charge is 2.05. The fourth-order valence-corrected chi connectivity index (χ4v) is 2.56. The van der Waals surface area contributed by atoms with E-state index in [1.54, 1.807) is 13.3 Å². The van der Waals surface area contributed by atoms with Crippen LogP contribution >= 0.6 is 11.8 Å². The summed E-state index contributed by atoms with van der Waals surface area (Å²) in [4.78, 5) is 20.3. The van der Waals surface area contributed by atoms with E-state index in [4.69, 9.17) is 4.74 Å². The van der Waals surface area contributed by atoms with E-state index >= 15 is 0 Å². The van der Waals surface area contributed by atoms with Crippen molar-refractivity contribution < 1.29 is 9.53 Å². The predicted molar refractivity (Wildman–Crippen MR) is 91.0 cm³/mol. The first-order chi connectivity index (χ1) is 11.1. The molecular formula is C16H18N4O2S. The highest BCUT2D eigenvalue weighted by atomic mass is 32.2. The van der Waals surface area contributed by atoms with Crippen LogP contribution in [0.15, 0.2) is 40.6 Å². The van der Waals surface area contributed by atoms with E-state index in [1.165, 1.54) is 11.8 Å². The van der Waals surface area contributed by atoms with E-state index < -0.39 is 0 Å². The average Bonchev–Trinajstić information content (AvgIpc) is 2.52. The minimum Gasteiger partial charge on any atom is -0.497 e. The lowest BCUT2D eigenvalue weighted by Gasteiger charge is -2.02. The van der Waals surface area contributed by atoms with Gasteiger partial charge in [-0.3, -0.25) is 4.79 Å². The monoisotopic (exact) mass is 330 g/mol. The maximum absolute atomic E-state index is 11.8. The molecular weight excluding hydrogens is 312 g/mol. The Morgan fingerprint density at radius 1 is 1.30 bits per heavy atom. The Kier molecular flexibility index (Phi) is 6.10. The van der Waals surface area contributed by atoms with Gasteiger partial charge >= 0.3 is 0 Å².